The number of hydrogen-bond acceptors (Lipinski definition) is 4. The fourth-order valence-electron chi connectivity index (χ4n) is 2.99. The Kier molecular flexibility index (Phi) is 7.02. The Hall–Kier alpha value is -0.750. The van der Waals surface area contributed by atoms with Crippen molar-refractivity contribution in [2.75, 3.05) is 12.3 Å². The number of carbonyl (C=O) groups is 1. The number of amides is 1. The number of hydrogen-bond donors (Lipinski definition) is 1. The highest BCUT2D eigenvalue weighted by Crippen LogP contribution is 2.25. The molecule has 1 amide bonds. The van der Waals surface area contributed by atoms with E-state index >= 15 is 0 Å². The second kappa shape index (κ2) is 8.77. The Bertz CT molecular complexity index is 522. The van der Waals surface area contributed by atoms with Gasteiger partial charge in [-0.25, -0.2) is 4.98 Å². The maximum absolute atomic E-state index is 12.1. The Labute approximate surface area is 139 Å². The van der Waals surface area contributed by atoms with Gasteiger partial charge in [-0.3, -0.25) is 9.00 Å². The van der Waals surface area contributed by atoms with Crippen molar-refractivity contribution in [3.8, 4) is 0 Å². The fourth-order valence-corrected chi connectivity index (χ4v) is 5.35. The van der Waals surface area contributed by atoms with E-state index in [2.05, 4.69) is 10.3 Å². The molecule has 0 aliphatic heterocycles. The molecule has 1 atom stereocenters. The highest BCUT2D eigenvalue weighted by Gasteiger charge is 2.15. The molecule has 6 heteroatoms. The molecule has 22 heavy (non-hydrogen) atoms. The summed E-state index contributed by atoms with van der Waals surface area (Å²) < 4.78 is 12.1. The maximum atomic E-state index is 12.1. The van der Waals surface area contributed by atoms with Crippen molar-refractivity contribution in [1.29, 1.82) is 0 Å². The Morgan fingerprint density at radius 1 is 1.32 bits per heavy atom. The number of rotatable bonds is 7. The van der Waals surface area contributed by atoms with Crippen LogP contribution in [0.15, 0.2) is 0 Å². The minimum absolute atomic E-state index is 0.0898. The van der Waals surface area contributed by atoms with Gasteiger partial charge in [0.15, 0.2) is 0 Å². The Balaban J connectivity index is 1.65. The average Bonchev–Trinajstić information content (AvgIpc) is 2.77. The van der Waals surface area contributed by atoms with Crippen LogP contribution in [0.25, 0.3) is 0 Å². The molecule has 4 nitrogen and oxygen atoms in total. The van der Waals surface area contributed by atoms with E-state index < -0.39 is 10.8 Å². The van der Waals surface area contributed by atoms with Crippen LogP contribution in [0.4, 0.5) is 0 Å². The van der Waals surface area contributed by atoms with Crippen LogP contribution in [0.3, 0.4) is 0 Å². The first-order valence-electron chi connectivity index (χ1n) is 8.09. The molecule has 1 aliphatic rings. The first-order chi connectivity index (χ1) is 10.5. The molecule has 1 heterocycles. The second-order valence-electron chi connectivity index (χ2n) is 6.11. The number of carbonyl (C=O) groups excluding carboxylic acids is 1. The highest BCUT2D eigenvalue weighted by molar-refractivity contribution is 7.85. The van der Waals surface area contributed by atoms with Gasteiger partial charge >= 0.3 is 0 Å². The highest BCUT2D eigenvalue weighted by atomic mass is 32.2. The minimum Gasteiger partial charge on any atom is -0.355 e. The molecular formula is C16H26N2O2S2. The van der Waals surface area contributed by atoms with E-state index in [1.807, 2.05) is 13.8 Å². The van der Waals surface area contributed by atoms with Gasteiger partial charge in [0, 0.05) is 22.2 Å². The van der Waals surface area contributed by atoms with Crippen LogP contribution >= 0.6 is 11.3 Å². The van der Waals surface area contributed by atoms with Gasteiger partial charge in [0.05, 0.1) is 16.5 Å². The van der Waals surface area contributed by atoms with E-state index in [4.69, 9.17) is 0 Å². The standard InChI is InChI=1S/C16H26N2O2S2/c1-12-15(21-13(2)18-12)10-22(20)11-16(19)17-9-8-14-6-4-3-5-7-14/h14H,3-11H2,1-2H3,(H,17,19)/t22-/m1/s1. The number of nitrogens with zero attached hydrogens (tertiary/aromatic N) is 1. The zero-order valence-electron chi connectivity index (χ0n) is 13.5. The van der Waals surface area contributed by atoms with Crippen molar-refractivity contribution in [3.63, 3.8) is 0 Å². The lowest BCUT2D eigenvalue weighted by molar-refractivity contribution is -0.118. The summed E-state index contributed by atoms with van der Waals surface area (Å²) in [6.07, 6.45) is 7.67. The molecule has 1 aromatic heterocycles. The van der Waals surface area contributed by atoms with Crippen LogP contribution in [0.5, 0.6) is 0 Å². The smallest absolute Gasteiger partial charge is 0.232 e. The van der Waals surface area contributed by atoms with E-state index in [0.717, 1.165) is 34.5 Å². The predicted octanol–water partition coefficient (Wildman–Crippen LogP) is 3.10. The van der Waals surface area contributed by atoms with Crippen molar-refractivity contribution in [3.05, 3.63) is 15.6 Å². The molecule has 2 rings (SSSR count). The fraction of sp³-hybridized carbons (Fsp3) is 0.750. The molecule has 0 spiro atoms. The maximum Gasteiger partial charge on any atom is 0.232 e. The van der Waals surface area contributed by atoms with Crippen LogP contribution < -0.4 is 5.32 Å². The van der Waals surface area contributed by atoms with Gasteiger partial charge in [0.1, 0.15) is 5.75 Å². The van der Waals surface area contributed by atoms with Crippen LogP contribution in [0, 0.1) is 19.8 Å². The van der Waals surface area contributed by atoms with Crippen molar-refractivity contribution >= 4 is 28.0 Å². The number of nitrogens with one attached hydrogen (secondary N) is 1. The summed E-state index contributed by atoms with van der Waals surface area (Å²) in [7, 11) is -1.15. The predicted molar refractivity (Wildman–Crippen MR) is 92.5 cm³/mol. The lowest BCUT2D eigenvalue weighted by Crippen LogP contribution is -2.30. The Morgan fingerprint density at radius 3 is 2.68 bits per heavy atom. The van der Waals surface area contributed by atoms with E-state index in [1.165, 1.54) is 32.1 Å². The van der Waals surface area contributed by atoms with Crippen molar-refractivity contribution in [2.45, 2.75) is 58.1 Å². The summed E-state index contributed by atoms with van der Waals surface area (Å²) in [6.45, 7) is 4.60. The summed E-state index contributed by atoms with van der Waals surface area (Å²) in [5, 5.41) is 3.91. The van der Waals surface area contributed by atoms with E-state index in [0.29, 0.717) is 5.75 Å². The van der Waals surface area contributed by atoms with Gasteiger partial charge in [0.2, 0.25) is 5.91 Å². The molecular weight excluding hydrogens is 316 g/mol. The molecule has 1 aliphatic carbocycles. The Morgan fingerprint density at radius 2 is 2.05 bits per heavy atom. The molecule has 0 bridgehead atoms. The van der Waals surface area contributed by atoms with Gasteiger partial charge in [-0.05, 0) is 26.2 Å². The average molecular weight is 343 g/mol. The normalized spacial score (nSPS) is 17.4. The van der Waals surface area contributed by atoms with E-state index in [9.17, 15) is 9.00 Å². The first kappa shape index (κ1) is 17.6. The number of aromatic nitrogens is 1. The largest absolute Gasteiger partial charge is 0.355 e. The van der Waals surface area contributed by atoms with Crippen molar-refractivity contribution < 1.29 is 9.00 Å². The van der Waals surface area contributed by atoms with E-state index in [1.54, 1.807) is 11.3 Å². The van der Waals surface area contributed by atoms with Crippen LogP contribution in [0.2, 0.25) is 0 Å². The zero-order chi connectivity index (χ0) is 15.9. The molecule has 1 fully saturated rings. The molecule has 1 N–H and O–H groups in total. The monoisotopic (exact) mass is 342 g/mol. The van der Waals surface area contributed by atoms with Crippen LogP contribution in [-0.4, -0.2) is 27.4 Å². The van der Waals surface area contributed by atoms with Crippen LogP contribution in [0.1, 0.15) is 54.1 Å². The quantitative estimate of drug-likeness (QED) is 0.828. The van der Waals surface area contributed by atoms with Crippen LogP contribution in [-0.2, 0) is 21.3 Å². The molecule has 0 saturated heterocycles. The van der Waals surface area contributed by atoms with E-state index in [-0.39, 0.29) is 11.7 Å². The van der Waals surface area contributed by atoms with Crippen molar-refractivity contribution in [1.82, 2.24) is 10.3 Å². The summed E-state index contributed by atoms with van der Waals surface area (Å²) in [4.78, 5) is 17.2. The summed E-state index contributed by atoms with van der Waals surface area (Å²) >= 11 is 1.57. The van der Waals surface area contributed by atoms with Gasteiger partial charge in [0.25, 0.3) is 0 Å². The topological polar surface area (TPSA) is 59.1 Å². The van der Waals surface area contributed by atoms with Gasteiger partial charge < -0.3 is 5.32 Å². The molecule has 0 radical (unpaired) electrons. The van der Waals surface area contributed by atoms with Gasteiger partial charge in [-0.15, -0.1) is 11.3 Å². The molecule has 0 aromatic carbocycles. The number of aryl methyl sites for hydroxylation is 2. The summed E-state index contributed by atoms with van der Waals surface area (Å²) in [5.74, 6) is 1.21. The third-order valence-corrected chi connectivity index (χ3v) is 6.63. The zero-order valence-corrected chi connectivity index (χ0v) is 15.2. The third kappa shape index (κ3) is 5.80. The minimum atomic E-state index is -1.15. The van der Waals surface area contributed by atoms with Crippen molar-refractivity contribution in [2.24, 2.45) is 5.92 Å². The second-order valence-corrected chi connectivity index (χ2v) is 8.86. The molecule has 1 saturated carbocycles. The summed E-state index contributed by atoms with van der Waals surface area (Å²) in [5.41, 5.74) is 0.938. The molecule has 0 unspecified atom stereocenters. The lowest BCUT2D eigenvalue weighted by Gasteiger charge is -2.21. The lowest BCUT2D eigenvalue weighted by atomic mass is 9.87. The summed E-state index contributed by atoms with van der Waals surface area (Å²) in [6, 6.07) is 0. The first-order valence-corrected chi connectivity index (χ1v) is 10.4. The number of thiazole rings is 1. The molecule has 124 valence electrons. The van der Waals surface area contributed by atoms with Gasteiger partial charge in [-0.2, -0.15) is 0 Å². The third-order valence-electron chi connectivity index (χ3n) is 4.18. The SMILES string of the molecule is Cc1nc(C)c(C[S@@](=O)CC(=O)NCCC2CCCCC2)s1. The molecule has 1 aromatic rings. The van der Waals surface area contributed by atoms with Gasteiger partial charge in [-0.1, -0.05) is 32.1 Å².